The summed E-state index contributed by atoms with van der Waals surface area (Å²) < 4.78 is 0. The van der Waals surface area contributed by atoms with Gasteiger partial charge in [-0.2, -0.15) is 0 Å². The van der Waals surface area contributed by atoms with E-state index in [1.54, 1.807) is 11.1 Å². The van der Waals surface area contributed by atoms with Crippen molar-refractivity contribution in [1.29, 1.82) is 0 Å². The molecule has 2 aromatic carbocycles. The largest absolute Gasteiger partial charge is 0.0587 e. The molecule has 0 amide bonds. The lowest BCUT2D eigenvalue weighted by molar-refractivity contribution is 0.785. The SMILES string of the molecule is CC(C)c1ccc(C2CCc3cc(C(C)C)ccc32)cc1. The van der Waals surface area contributed by atoms with Gasteiger partial charge in [-0.1, -0.05) is 70.2 Å². The molecule has 1 unspecified atom stereocenters. The van der Waals surface area contributed by atoms with E-state index in [0.717, 1.165) is 0 Å². The summed E-state index contributed by atoms with van der Waals surface area (Å²) in [6, 6.07) is 16.4. The van der Waals surface area contributed by atoms with Crippen LogP contribution in [0.2, 0.25) is 0 Å². The van der Waals surface area contributed by atoms with Gasteiger partial charge in [0.1, 0.15) is 0 Å². The standard InChI is InChI=1S/C21H26/c1-14(2)16-5-7-17(8-6-16)20-12-10-19-13-18(15(3)4)9-11-21(19)20/h5-9,11,13-15,20H,10,12H2,1-4H3. The molecule has 0 bridgehead atoms. The molecule has 1 aliphatic rings. The van der Waals surface area contributed by atoms with Crippen molar-refractivity contribution in [2.24, 2.45) is 0 Å². The fourth-order valence-electron chi connectivity index (χ4n) is 3.46. The van der Waals surface area contributed by atoms with Crippen LogP contribution in [0.5, 0.6) is 0 Å². The maximum atomic E-state index is 2.43. The van der Waals surface area contributed by atoms with Gasteiger partial charge in [0.15, 0.2) is 0 Å². The summed E-state index contributed by atoms with van der Waals surface area (Å²) in [6.45, 7) is 9.07. The van der Waals surface area contributed by atoms with E-state index in [9.17, 15) is 0 Å². The lowest BCUT2D eigenvalue weighted by Gasteiger charge is -2.15. The van der Waals surface area contributed by atoms with E-state index >= 15 is 0 Å². The van der Waals surface area contributed by atoms with Crippen molar-refractivity contribution in [1.82, 2.24) is 0 Å². The Morgan fingerprint density at radius 2 is 1.43 bits per heavy atom. The normalized spacial score (nSPS) is 17.5. The van der Waals surface area contributed by atoms with Crippen LogP contribution in [0.25, 0.3) is 0 Å². The summed E-state index contributed by atoms with van der Waals surface area (Å²) >= 11 is 0. The van der Waals surface area contributed by atoms with Crippen LogP contribution in [-0.2, 0) is 6.42 Å². The molecular formula is C21H26. The van der Waals surface area contributed by atoms with Crippen molar-refractivity contribution in [3.8, 4) is 0 Å². The highest BCUT2D eigenvalue weighted by Crippen LogP contribution is 2.39. The zero-order valence-electron chi connectivity index (χ0n) is 13.7. The van der Waals surface area contributed by atoms with E-state index in [0.29, 0.717) is 17.8 Å². The van der Waals surface area contributed by atoms with Crippen LogP contribution in [0.1, 0.15) is 79.7 Å². The topological polar surface area (TPSA) is 0 Å². The van der Waals surface area contributed by atoms with Crippen molar-refractivity contribution in [2.45, 2.75) is 58.3 Å². The molecule has 110 valence electrons. The molecule has 1 atom stereocenters. The first kappa shape index (κ1) is 14.4. The average molecular weight is 278 g/mol. The fourth-order valence-corrected chi connectivity index (χ4v) is 3.46. The van der Waals surface area contributed by atoms with Gasteiger partial charge in [-0.3, -0.25) is 0 Å². The number of fused-ring (bicyclic) bond motifs is 1. The molecule has 0 nitrogen and oxygen atoms in total. The first-order chi connectivity index (χ1) is 10.1. The van der Waals surface area contributed by atoms with Gasteiger partial charge in [0.2, 0.25) is 0 Å². The summed E-state index contributed by atoms with van der Waals surface area (Å²) in [4.78, 5) is 0. The van der Waals surface area contributed by atoms with E-state index in [-0.39, 0.29) is 0 Å². The molecule has 0 saturated heterocycles. The van der Waals surface area contributed by atoms with Crippen molar-refractivity contribution in [3.63, 3.8) is 0 Å². The summed E-state index contributed by atoms with van der Waals surface area (Å²) in [5.41, 5.74) is 7.52. The predicted octanol–water partition coefficient (Wildman–Crippen LogP) is 6.01. The molecular weight excluding hydrogens is 252 g/mol. The maximum Gasteiger partial charge on any atom is 0.00952 e. The number of hydrogen-bond donors (Lipinski definition) is 0. The first-order valence-corrected chi connectivity index (χ1v) is 8.29. The minimum Gasteiger partial charge on any atom is -0.0587 e. The van der Waals surface area contributed by atoms with Crippen LogP contribution in [0.15, 0.2) is 42.5 Å². The summed E-state index contributed by atoms with van der Waals surface area (Å²) in [5, 5.41) is 0. The molecule has 3 rings (SSSR count). The molecule has 0 aromatic heterocycles. The Labute approximate surface area is 129 Å². The molecule has 1 aliphatic carbocycles. The molecule has 0 aliphatic heterocycles. The molecule has 0 saturated carbocycles. The number of hydrogen-bond acceptors (Lipinski definition) is 0. The second-order valence-electron chi connectivity index (χ2n) is 7.03. The molecule has 21 heavy (non-hydrogen) atoms. The molecule has 0 fully saturated rings. The predicted molar refractivity (Wildman–Crippen MR) is 91.2 cm³/mol. The Morgan fingerprint density at radius 1 is 0.810 bits per heavy atom. The third-order valence-electron chi connectivity index (χ3n) is 4.92. The summed E-state index contributed by atoms with van der Waals surface area (Å²) in [5.74, 6) is 1.84. The third-order valence-corrected chi connectivity index (χ3v) is 4.92. The van der Waals surface area contributed by atoms with Gasteiger partial charge >= 0.3 is 0 Å². The lowest BCUT2D eigenvalue weighted by atomic mass is 9.90. The second kappa shape index (κ2) is 5.67. The van der Waals surface area contributed by atoms with Crippen molar-refractivity contribution >= 4 is 0 Å². The highest BCUT2D eigenvalue weighted by atomic mass is 14.3. The van der Waals surface area contributed by atoms with E-state index < -0.39 is 0 Å². The van der Waals surface area contributed by atoms with E-state index in [1.807, 2.05) is 0 Å². The number of benzene rings is 2. The van der Waals surface area contributed by atoms with Crippen LogP contribution in [0.4, 0.5) is 0 Å². The van der Waals surface area contributed by atoms with Crippen molar-refractivity contribution < 1.29 is 0 Å². The van der Waals surface area contributed by atoms with Gasteiger partial charge in [0.05, 0.1) is 0 Å². The molecule has 0 heterocycles. The Bertz CT molecular complexity index is 617. The monoisotopic (exact) mass is 278 g/mol. The third kappa shape index (κ3) is 2.77. The van der Waals surface area contributed by atoms with E-state index in [4.69, 9.17) is 0 Å². The first-order valence-electron chi connectivity index (χ1n) is 8.29. The maximum absolute atomic E-state index is 2.43. The van der Waals surface area contributed by atoms with Crippen LogP contribution in [0, 0.1) is 0 Å². The second-order valence-corrected chi connectivity index (χ2v) is 7.03. The van der Waals surface area contributed by atoms with Crippen molar-refractivity contribution in [2.75, 3.05) is 0 Å². The Balaban J connectivity index is 1.90. The van der Waals surface area contributed by atoms with Gasteiger partial charge in [0.25, 0.3) is 0 Å². The zero-order chi connectivity index (χ0) is 15.0. The smallest absolute Gasteiger partial charge is 0.00952 e. The quantitative estimate of drug-likeness (QED) is 0.644. The van der Waals surface area contributed by atoms with Gasteiger partial charge in [0, 0.05) is 5.92 Å². The number of rotatable bonds is 3. The van der Waals surface area contributed by atoms with Gasteiger partial charge in [-0.15, -0.1) is 0 Å². The van der Waals surface area contributed by atoms with Crippen LogP contribution < -0.4 is 0 Å². The van der Waals surface area contributed by atoms with Crippen LogP contribution in [0.3, 0.4) is 0 Å². The highest BCUT2D eigenvalue weighted by Gasteiger charge is 2.24. The summed E-state index contributed by atoms with van der Waals surface area (Å²) in [6.07, 6.45) is 2.49. The molecule has 0 spiro atoms. The van der Waals surface area contributed by atoms with Gasteiger partial charge in [-0.25, -0.2) is 0 Å². The van der Waals surface area contributed by atoms with E-state index in [1.165, 1.54) is 29.5 Å². The van der Waals surface area contributed by atoms with E-state index in [2.05, 4.69) is 70.2 Å². The number of aryl methyl sites for hydroxylation is 1. The van der Waals surface area contributed by atoms with Gasteiger partial charge in [-0.05, 0) is 52.5 Å². The Kier molecular flexibility index (Phi) is 3.89. The summed E-state index contributed by atoms with van der Waals surface area (Å²) in [7, 11) is 0. The van der Waals surface area contributed by atoms with Crippen LogP contribution >= 0.6 is 0 Å². The highest BCUT2D eigenvalue weighted by molar-refractivity contribution is 5.45. The molecule has 0 radical (unpaired) electrons. The molecule has 0 heteroatoms. The van der Waals surface area contributed by atoms with Crippen LogP contribution in [-0.4, -0.2) is 0 Å². The minimum atomic E-state index is 0.599. The lowest BCUT2D eigenvalue weighted by Crippen LogP contribution is -1.98. The minimum absolute atomic E-state index is 0.599. The average Bonchev–Trinajstić information content (AvgIpc) is 2.90. The zero-order valence-corrected chi connectivity index (χ0v) is 13.7. The molecule has 2 aromatic rings. The fraction of sp³-hybridized carbons (Fsp3) is 0.429. The Morgan fingerprint density at radius 3 is 2.05 bits per heavy atom. The molecule has 0 N–H and O–H groups in total. The Hall–Kier alpha value is -1.56. The van der Waals surface area contributed by atoms with Gasteiger partial charge < -0.3 is 0 Å². The van der Waals surface area contributed by atoms with Crippen molar-refractivity contribution in [3.05, 3.63) is 70.3 Å².